The zero-order valence-electron chi connectivity index (χ0n) is 12.1. The van der Waals surface area contributed by atoms with Crippen molar-refractivity contribution in [1.82, 2.24) is 4.90 Å². The molecule has 0 bridgehead atoms. The number of halogens is 1. The fourth-order valence-corrected chi connectivity index (χ4v) is 3.51. The molecule has 1 aliphatic heterocycles. The number of carbonyl (C=O) groups excluding carboxylic acids is 1. The first-order valence-corrected chi connectivity index (χ1v) is 7.73. The molecule has 0 spiro atoms. The van der Waals surface area contributed by atoms with Gasteiger partial charge in [-0.2, -0.15) is 0 Å². The molecule has 0 radical (unpaired) electrons. The van der Waals surface area contributed by atoms with E-state index < -0.39 is 0 Å². The van der Waals surface area contributed by atoms with Crippen molar-refractivity contribution in [1.29, 1.82) is 0 Å². The van der Waals surface area contributed by atoms with Gasteiger partial charge in [0.1, 0.15) is 6.04 Å². The molecule has 1 aliphatic carbocycles. The number of nitrogens with zero attached hydrogens (tertiary/aromatic N) is 1. The molecule has 1 saturated heterocycles. The van der Waals surface area contributed by atoms with E-state index in [1.807, 2.05) is 6.92 Å². The Bertz CT molecular complexity index is 243. The number of carbonyl (C=O) groups is 1. The van der Waals surface area contributed by atoms with Gasteiger partial charge in [-0.25, -0.2) is 0 Å². The number of hydrogen-bond donors (Lipinski definition) is 0. The van der Waals surface area contributed by atoms with Crippen molar-refractivity contribution in [2.45, 2.75) is 64.3 Å². The standard InChI is InChI=1S/C15H27NO2.ClH/c1-2-18-15(17)14(13-9-5-3-6-10-13)16-11-7-4-8-12-16;/h13-14H,2-12H2,1H3;1H. The second-order valence-corrected chi connectivity index (χ2v) is 5.69. The first-order chi connectivity index (χ1) is 8.83. The highest BCUT2D eigenvalue weighted by Gasteiger charge is 2.35. The fourth-order valence-electron chi connectivity index (χ4n) is 3.51. The number of esters is 1. The monoisotopic (exact) mass is 289 g/mol. The maximum Gasteiger partial charge on any atom is 0.323 e. The van der Waals surface area contributed by atoms with Crippen LogP contribution in [0, 0.1) is 5.92 Å². The summed E-state index contributed by atoms with van der Waals surface area (Å²) in [5.74, 6) is 0.571. The molecular weight excluding hydrogens is 262 g/mol. The van der Waals surface area contributed by atoms with Crippen LogP contribution in [-0.2, 0) is 9.53 Å². The summed E-state index contributed by atoms with van der Waals surface area (Å²) >= 11 is 0. The van der Waals surface area contributed by atoms with Gasteiger partial charge in [-0.1, -0.05) is 25.7 Å². The highest BCUT2D eigenvalue weighted by molar-refractivity contribution is 5.85. The highest BCUT2D eigenvalue weighted by atomic mass is 35.5. The molecule has 0 aromatic rings. The lowest BCUT2D eigenvalue weighted by Gasteiger charge is -2.38. The van der Waals surface area contributed by atoms with Crippen LogP contribution in [0.2, 0.25) is 0 Å². The molecule has 2 aliphatic rings. The van der Waals surface area contributed by atoms with E-state index in [9.17, 15) is 4.79 Å². The average molecular weight is 290 g/mol. The molecule has 0 aromatic heterocycles. The summed E-state index contributed by atoms with van der Waals surface area (Å²) in [6.07, 6.45) is 10.1. The molecule has 0 aromatic carbocycles. The predicted octanol–water partition coefficient (Wildman–Crippen LogP) is 3.41. The molecule has 112 valence electrons. The molecule has 2 rings (SSSR count). The van der Waals surface area contributed by atoms with Gasteiger partial charge in [0.25, 0.3) is 0 Å². The van der Waals surface area contributed by atoms with E-state index in [0.29, 0.717) is 12.5 Å². The lowest BCUT2D eigenvalue weighted by Crippen LogP contribution is -2.49. The normalized spacial score (nSPS) is 23.4. The van der Waals surface area contributed by atoms with Crippen LogP contribution in [0.25, 0.3) is 0 Å². The van der Waals surface area contributed by atoms with Gasteiger partial charge in [0.15, 0.2) is 0 Å². The van der Waals surface area contributed by atoms with Gasteiger partial charge in [0.2, 0.25) is 0 Å². The van der Waals surface area contributed by atoms with Crippen molar-refractivity contribution in [2.75, 3.05) is 19.7 Å². The van der Waals surface area contributed by atoms with Crippen molar-refractivity contribution in [2.24, 2.45) is 5.92 Å². The Morgan fingerprint density at radius 3 is 2.26 bits per heavy atom. The number of ether oxygens (including phenoxy) is 1. The first-order valence-electron chi connectivity index (χ1n) is 7.73. The molecule has 0 N–H and O–H groups in total. The van der Waals surface area contributed by atoms with E-state index in [1.165, 1.54) is 51.4 Å². The second-order valence-electron chi connectivity index (χ2n) is 5.69. The molecule has 0 amide bonds. The molecule has 1 atom stereocenters. The van der Waals surface area contributed by atoms with Crippen LogP contribution in [0.4, 0.5) is 0 Å². The molecule has 1 unspecified atom stereocenters. The predicted molar refractivity (Wildman–Crippen MR) is 79.7 cm³/mol. The van der Waals surface area contributed by atoms with E-state index in [2.05, 4.69) is 4.90 Å². The zero-order chi connectivity index (χ0) is 12.8. The summed E-state index contributed by atoms with van der Waals surface area (Å²) < 4.78 is 5.33. The number of piperidine rings is 1. The Hall–Kier alpha value is -0.280. The van der Waals surface area contributed by atoms with Crippen LogP contribution in [0.15, 0.2) is 0 Å². The van der Waals surface area contributed by atoms with Crippen LogP contribution in [0.1, 0.15) is 58.3 Å². The molecule has 3 nitrogen and oxygen atoms in total. The largest absolute Gasteiger partial charge is 0.465 e. The van der Waals surface area contributed by atoms with Crippen LogP contribution in [-0.4, -0.2) is 36.6 Å². The lowest BCUT2D eigenvalue weighted by atomic mass is 9.82. The van der Waals surface area contributed by atoms with E-state index >= 15 is 0 Å². The van der Waals surface area contributed by atoms with E-state index in [1.54, 1.807) is 0 Å². The number of likely N-dealkylation sites (tertiary alicyclic amines) is 1. The number of hydrogen-bond acceptors (Lipinski definition) is 3. The minimum atomic E-state index is 0. The van der Waals surface area contributed by atoms with Gasteiger partial charge in [-0.15, -0.1) is 12.4 Å². The smallest absolute Gasteiger partial charge is 0.323 e. The maximum absolute atomic E-state index is 12.3. The maximum atomic E-state index is 12.3. The number of rotatable bonds is 4. The Labute approximate surface area is 123 Å². The average Bonchev–Trinajstić information content (AvgIpc) is 2.42. The Morgan fingerprint density at radius 1 is 1.11 bits per heavy atom. The van der Waals surface area contributed by atoms with Gasteiger partial charge in [0.05, 0.1) is 6.61 Å². The van der Waals surface area contributed by atoms with E-state index in [4.69, 9.17) is 4.74 Å². The van der Waals surface area contributed by atoms with Gasteiger partial charge in [-0.3, -0.25) is 9.69 Å². The van der Waals surface area contributed by atoms with Crippen LogP contribution in [0.5, 0.6) is 0 Å². The Morgan fingerprint density at radius 2 is 1.68 bits per heavy atom. The van der Waals surface area contributed by atoms with Gasteiger partial charge in [0, 0.05) is 0 Å². The summed E-state index contributed by atoms with van der Waals surface area (Å²) in [5, 5.41) is 0. The third-order valence-electron chi connectivity index (χ3n) is 4.41. The molecule has 1 heterocycles. The van der Waals surface area contributed by atoms with Gasteiger partial charge < -0.3 is 4.74 Å². The quantitative estimate of drug-likeness (QED) is 0.743. The summed E-state index contributed by atoms with van der Waals surface area (Å²) in [5.41, 5.74) is 0. The van der Waals surface area contributed by atoms with Crippen molar-refractivity contribution in [3.63, 3.8) is 0 Å². The van der Waals surface area contributed by atoms with E-state index in [-0.39, 0.29) is 24.4 Å². The lowest BCUT2D eigenvalue weighted by molar-refractivity contribution is -0.153. The Balaban J connectivity index is 0.00000180. The second kappa shape index (κ2) is 8.80. The van der Waals surface area contributed by atoms with E-state index in [0.717, 1.165) is 13.1 Å². The van der Waals surface area contributed by atoms with Crippen LogP contribution >= 0.6 is 12.4 Å². The van der Waals surface area contributed by atoms with Crippen molar-refractivity contribution < 1.29 is 9.53 Å². The molecular formula is C15H28ClNO2. The molecule has 1 saturated carbocycles. The summed E-state index contributed by atoms with van der Waals surface area (Å²) in [6, 6.07) is 0.0468. The topological polar surface area (TPSA) is 29.5 Å². The van der Waals surface area contributed by atoms with Crippen LogP contribution in [0.3, 0.4) is 0 Å². The summed E-state index contributed by atoms with van der Waals surface area (Å²) in [6.45, 7) is 4.59. The molecule has 2 fully saturated rings. The Kier molecular flexibility index (Phi) is 7.77. The van der Waals surface area contributed by atoms with Gasteiger partial charge in [-0.05, 0) is 51.6 Å². The van der Waals surface area contributed by atoms with Crippen molar-refractivity contribution in [3.8, 4) is 0 Å². The summed E-state index contributed by atoms with van der Waals surface area (Å²) in [4.78, 5) is 14.7. The summed E-state index contributed by atoms with van der Waals surface area (Å²) in [7, 11) is 0. The SMILES string of the molecule is CCOC(=O)C(C1CCCCC1)N1CCCCC1.Cl. The third kappa shape index (κ3) is 4.64. The van der Waals surface area contributed by atoms with Gasteiger partial charge >= 0.3 is 5.97 Å². The minimum absolute atomic E-state index is 0. The minimum Gasteiger partial charge on any atom is -0.465 e. The van der Waals surface area contributed by atoms with Crippen molar-refractivity contribution >= 4 is 18.4 Å². The third-order valence-corrected chi connectivity index (χ3v) is 4.41. The highest BCUT2D eigenvalue weighted by Crippen LogP contribution is 2.31. The first kappa shape index (κ1) is 16.8. The van der Waals surface area contributed by atoms with Crippen LogP contribution < -0.4 is 0 Å². The zero-order valence-corrected chi connectivity index (χ0v) is 12.9. The van der Waals surface area contributed by atoms with Crippen molar-refractivity contribution in [3.05, 3.63) is 0 Å². The molecule has 4 heteroatoms. The fraction of sp³-hybridized carbons (Fsp3) is 0.933. The molecule has 19 heavy (non-hydrogen) atoms.